The van der Waals surface area contributed by atoms with Gasteiger partial charge in [0.15, 0.2) is 5.82 Å². The van der Waals surface area contributed by atoms with E-state index in [-0.39, 0.29) is 5.92 Å². The molecule has 1 aromatic rings. The van der Waals surface area contributed by atoms with Gasteiger partial charge >= 0.3 is 0 Å². The number of hydrogen-bond donors (Lipinski definition) is 1. The van der Waals surface area contributed by atoms with E-state index in [1.807, 2.05) is 13.8 Å². The van der Waals surface area contributed by atoms with Crippen LogP contribution >= 0.6 is 0 Å². The van der Waals surface area contributed by atoms with Gasteiger partial charge in [-0.3, -0.25) is 0 Å². The number of nitrogens with zero attached hydrogens (tertiary/aromatic N) is 2. The monoisotopic (exact) mass is 239 g/mol. The second-order valence-electron chi connectivity index (χ2n) is 5.20. The minimum absolute atomic E-state index is 0.246. The Hall–Kier alpha value is -0.940. The summed E-state index contributed by atoms with van der Waals surface area (Å²) in [6, 6.07) is 0. The largest absolute Gasteiger partial charge is 0.381 e. The summed E-state index contributed by atoms with van der Waals surface area (Å²) in [5, 5.41) is 4.03. The van der Waals surface area contributed by atoms with Crippen molar-refractivity contribution in [3.05, 3.63) is 11.7 Å². The molecule has 2 rings (SSSR count). The van der Waals surface area contributed by atoms with Crippen LogP contribution in [-0.2, 0) is 10.3 Å². The Morgan fingerprint density at radius 1 is 1.41 bits per heavy atom. The summed E-state index contributed by atoms with van der Waals surface area (Å²) in [7, 11) is 1.75. The Balaban J connectivity index is 2.10. The first-order valence-electron chi connectivity index (χ1n) is 6.21. The molecule has 0 aromatic carbocycles. The summed E-state index contributed by atoms with van der Waals surface area (Å²) in [5.41, 5.74) is 5.93. The van der Waals surface area contributed by atoms with Gasteiger partial charge in [-0.1, -0.05) is 19.0 Å². The lowest BCUT2D eigenvalue weighted by Crippen LogP contribution is -2.43. The molecule has 1 heterocycles. The average molecular weight is 239 g/mol. The summed E-state index contributed by atoms with van der Waals surface area (Å²) in [6.45, 7) is 4.06. The first-order chi connectivity index (χ1) is 8.05. The van der Waals surface area contributed by atoms with E-state index in [2.05, 4.69) is 10.1 Å². The molecule has 1 aliphatic rings. The first-order valence-corrected chi connectivity index (χ1v) is 6.21. The zero-order valence-electron chi connectivity index (χ0n) is 10.8. The number of nitrogens with two attached hydrogens (primary N) is 1. The van der Waals surface area contributed by atoms with Gasteiger partial charge in [0.05, 0.1) is 11.6 Å². The van der Waals surface area contributed by atoms with Crippen molar-refractivity contribution in [1.29, 1.82) is 0 Å². The Kier molecular flexibility index (Phi) is 3.49. The van der Waals surface area contributed by atoms with Crippen molar-refractivity contribution in [3.8, 4) is 0 Å². The van der Waals surface area contributed by atoms with Crippen molar-refractivity contribution in [3.63, 3.8) is 0 Å². The van der Waals surface area contributed by atoms with Gasteiger partial charge in [-0.25, -0.2) is 0 Å². The van der Waals surface area contributed by atoms with Crippen LogP contribution < -0.4 is 5.73 Å². The molecule has 0 spiro atoms. The quantitative estimate of drug-likeness (QED) is 0.872. The highest BCUT2D eigenvalue weighted by atomic mass is 16.5. The molecule has 1 saturated carbocycles. The predicted molar refractivity (Wildman–Crippen MR) is 63.5 cm³/mol. The van der Waals surface area contributed by atoms with Crippen molar-refractivity contribution >= 4 is 0 Å². The predicted octanol–water partition coefficient (Wildman–Crippen LogP) is 1.94. The van der Waals surface area contributed by atoms with Crippen LogP contribution in [0.2, 0.25) is 0 Å². The molecule has 17 heavy (non-hydrogen) atoms. The number of aromatic nitrogens is 2. The van der Waals surface area contributed by atoms with Gasteiger partial charge in [0, 0.05) is 13.0 Å². The molecule has 2 N–H and O–H groups in total. The second kappa shape index (κ2) is 4.74. The van der Waals surface area contributed by atoms with Crippen LogP contribution in [0.15, 0.2) is 4.52 Å². The van der Waals surface area contributed by atoms with E-state index in [4.69, 9.17) is 15.0 Å². The summed E-state index contributed by atoms with van der Waals surface area (Å²) in [6.07, 6.45) is 3.94. The van der Waals surface area contributed by atoms with Crippen molar-refractivity contribution in [1.82, 2.24) is 10.1 Å². The fourth-order valence-electron chi connectivity index (χ4n) is 2.24. The topological polar surface area (TPSA) is 74.2 Å². The van der Waals surface area contributed by atoms with Crippen LogP contribution in [0.1, 0.15) is 57.2 Å². The van der Waals surface area contributed by atoms with Crippen LogP contribution in [0.4, 0.5) is 0 Å². The summed E-state index contributed by atoms with van der Waals surface area (Å²) in [4.78, 5) is 4.41. The molecule has 5 nitrogen and oxygen atoms in total. The molecule has 96 valence electrons. The zero-order chi connectivity index (χ0) is 12.5. The van der Waals surface area contributed by atoms with Crippen LogP contribution in [0.5, 0.6) is 0 Å². The van der Waals surface area contributed by atoms with E-state index in [0.717, 1.165) is 25.7 Å². The smallest absolute Gasteiger partial charge is 0.229 e. The SMILES string of the molecule is COC1CCC(N)(c2noc(C(C)C)n2)CC1. The maximum absolute atomic E-state index is 6.37. The average Bonchev–Trinajstić information content (AvgIpc) is 2.80. The molecule has 0 bridgehead atoms. The maximum atomic E-state index is 6.37. The molecule has 0 amide bonds. The van der Waals surface area contributed by atoms with E-state index < -0.39 is 5.54 Å². The molecular weight excluding hydrogens is 218 g/mol. The zero-order valence-corrected chi connectivity index (χ0v) is 10.8. The van der Waals surface area contributed by atoms with Crippen LogP contribution in [0.25, 0.3) is 0 Å². The standard InChI is InChI=1S/C12H21N3O2/c1-8(2)10-14-11(15-17-10)12(13)6-4-9(16-3)5-7-12/h8-9H,4-7,13H2,1-3H3. The van der Waals surface area contributed by atoms with Gasteiger partial charge < -0.3 is 15.0 Å². The molecule has 0 radical (unpaired) electrons. The van der Waals surface area contributed by atoms with Crippen LogP contribution in [-0.4, -0.2) is 23.4 Å². The van der Waals surface area contributed by atoms with Crippen molar-refractivity contribution < 1.29 is 9.26 Å². The van der Waals surface area contributed by atoms with Crippen LogP contribution in [0, 0.1) is 0 Å². The van der Waals surface area contributed by atoms with Gasteiger partial charge in [-0.2, -0.15) is 4.98 Å². The number of methoxy groups -OCH3 is 1. The Morgan fingerprint density at radius 3 is 2.53 bits per heavy atom. The lowest BCUT2D eigenvalue weighted by molar-refractivity contribution is 0.0472. The molecule has 0 atom stereocenters. The van der Waals surface area contributed by atoms with E-state index in [9.17, 15) is 0 Å². The van der Waals surface area contributed by atoms with E-state index in [1.165, 1.54) is 0 Å². The van der Waals surface area contributed by atoms with Crippen molar-refractivity contribution in [2.24, 2.45) is 5.73 Å². The van der Waals surface area contributed by atoms with E-state index >= 15 is 0 Å². The lowest BCUT2D eigenvalue weighted by Gasteiger charge is -2.33. The third-order valence-corrected chi connectivity index (χ3v) is 3.54. The molecule has 1 aromatic heterocycles. The van der Waals surface area contributed by atoms with Crippen molar-refractivity contribution in [2.45, 2.75) is 57.1 Å². The third kappa shape index (κ3) is 2.50. The van der Waals surface area contributed by atoms with Gasteiger partial charge in [0.1, 0.15) is 0 Å². The summed E-state index contributed by atoms with van der Waals surface area (Å²) in [5.74, 6) is 1.56. The minimum Gasteiger partial charge on any atom is -0.381 e. The van der Waals surface area contributed by atoms with E-state index in [1.54, 1.807) is 7.11 Å². The fraction of sp³-hybridized carbons (Fsp3) is 0.833. The van der Waals surface area contributed by atoms with Gasteiger partial charge in [0.25, 0.3) is 0 Å². The minimum atomic E-state index is -0.439. The Labute approximate surface area is 102 Å². The highest BCUT2D eigenvalue weighted by molar-refractivity contribution is 5.07. The van der Waals surface area contributed by atoms with Gasteiger partial charge in [-0.15, -0.1) is 0 Å². The second-order valence-corrected chi connectivity index (χ2v) is 5.20. The number of hydrogen-bond acceptors (Lipinski definition) is 5. The molecule has 1 fully saturated rings. The molecule has 0 saturated heterocycles. The lowest BCUT2D eigenvalue weighted by atomic mass is 9.80. The molecule has 0 aliphatic heterocycles. The Bertz CT molecular complexity index is 368. The molecule has 1 aliphatic carbocycles. The van der Waals surface area contributed by atoms with Crippen molar-refractivity contribution in [2.75, 3.05) is 7.11 Å². The first kappa shape index (κ1) is 12.5. The highest BCUT2D eigenvalue weighted by Gasteiger charge is 2.37. The molecule has 5 heteroatoms. The molecule has 0 unspecified atom stereocenters. The molecular formula is C12H21N3O2. The number of ether oxygens (including phenoxy) is 1. The highest BCUT2D eigenvalue weighted by Crippen LogP contribution is 2.34. The van der Waals surface area contributed by atoms with E-state index in [0.29, 0.717) is 17.8 Å². The number of rotatable bonds is 3. The Morgan fingerprint density at radius 2 is 2.06 bits per heavy atom. The summed E-state index contributed by atoms with van der Waals surface area (Å²) < 4.78 is 10.6. The van der Waals surface area contributed by atoms with Crippen LogP contribution in [0.3, 0.4) is 0 Å². The maximum Gasteiger partial charge on any atom is 0.229 e. The third-order valence-electron chi connectivity index (χ3n) is 3.54. The van der Waals surface area contributed by atoms with Gasteiger partial charge in [0.2, 0.25) is 5.89 Å². The normalized spacial score (nSPS) is 29.8. The fourth-order valence-corrected chi connectivity index (χ4v) is 2.24. The van der Waals surface area contributed by atoms with Gasteiger partial charge in [-0.05, 0) is 25.7 Å². The summed E-state index contributed by atoms with van der Waals surface area (Å²) >= 11 is 0.